The summed E-state index contributed by atoms with van der Waals surface area (Å²) in [5, 5.41) is 20.8. The van der Waals surface area contributed by atoms with Gasteiger partial charge >= 0.3 is 0 Å². The van der Waals surface area contributed by atoms with Crippen molar-refractivity contribution < 1.29 is 24.2 Å². The fraction of sp³-hybridized carbons (Fsp3) is 0.273. The van der Waals surface area contributed by atoms with Gasteiger partial charge in [0.2, 0.25) is 0 Å². The van der Waals surface area contributed by atoms with E-state index in [1.54, 1.807) is 12.3 Å². The van der Waals surface area contributed by atoms with Gasteiger partial charge in [-0.25, -0.2) is 0 Å². The average Bonchev–Trinajstić information content (AvgIpc) is 2.74. The molecule has 0 spiro atoms. The van der Waals surface area contributed by atoms with Crippen molar-refractivity contribution in [3.8, 4) is 0 Å². The topological polar surface area (TPSA) is 166 Å². The summed E-state index contributed by atoms with van der Waals surface area (Å²) in [6.45, 7) is 0. The van der Waals surface area contributed by atoms with E-state index >= 15 is 0 Å². The van der Waals surface area contributed by atoms with E-state index in [0.29, 0.717) is 17.6 Å². The lowest BCUT2D eigenvalue weighted by Gasteiger charge is -2.08. The van der Waals surface area contributed by atoms with Crippen LogP contribution >= 0.6 is 11.8 Å². The Morgan fingerprint density at radius 1 is 1.32 bits per heavy atom. The van der Waals surface area contributed by atoms with Crippen molar-refractivity contribution in [1.82, 2.24) is 12.3 Å². The van der Waals surface area contributed by atoms with Crippen molar-refractivity contribution in [3.63, 3.8) is 0 Å². The summed E-state index contributed by atoms with van der Waals surface area (Å²) in [5.41, 5.74) is -0.267. The van der Waals surface area contributed by atoms with E-state index < -0.39 is 11.9 Å². The first-order valence-corrected chi connectivity index (χ1v) is 5.98. The molecule has 0 aliphatic heterocycles. The van der Waals surface area contributed by atoms with Crippen LogP contribution in [0.3, 0.4) is 0 Å². The molecule has 0 aliphatic carbocycles. The van der Waals surface area contributed by atoms with Gasteiger partial charge in [0.1, 0.15) is 5.76 Å². The van der Waals surface area contributed by atoms with E-state index in [0.717, 1.165) is 5.76 Å². The molecule has 1 rings (SSSR count). The quantitative estimate of drug-likeness (QED) is 0.532. The normalized spacial score (nSPS) is 10.2. The number of hydrogen-bond donors (Lipinski definition) is 2. The summed E-state index contributed by atoms with van der Waals surface area (Å²) in [5.74, 6) is -1.14. The third kappa shape index (κ3) is 8.03. The second-order valence-electron chi connectivity index (χ2n) is 3.16. The number of furan rings is 1. The molecule has 0 fully saturated rings. The minimum absolute atomic E-state index is 0. The van der Waals surface area contributed by atoms with Crippen LogP contribution < -0.4 is 22.5 Å². The van der Waals surface area contributed by atoms with Gasteiger partial charge in [-0.3, -0.25) is 0 Å². The molecule has 0 unspecified atom stereocenters. The number of carboxylic acid groups (broad SMARTS) is 2. The van der Waals surface area contributed by atoms with Gasteiger partial charge in [0.25, 0.3) is 0 Å². The van der Waals surface area contributed by atoms with E-state index in [9.17, 15) is 19.8 Å². The van der Waals surface area contributed by atoms with Crippen LogP contribution in [0.5, 0.6) is 0 Å². The highest BCUT2D eigenvalue weighted by molar-refractivity contribution is 7.98. The van der Waals surface area contributed by atoms with Crippen LogP contribution in [0.1, 0.15) is 12.2 Å². The van der Waals surface area contributed by atoms with E-state index in [-0.39, 0.29) is 24.3 Å². The molecule has 8 heteroatoms. The highest BCUT2D eigenvalue weighted by atomic mass is 32.2. The van der Waals surface area contributed by atoms with Crippen LogP contribution in [0.4, 0.5) is 0 Å². The molecule has 0 aliphatic rings. The average molecular weight is 290 g/mol. The van der Waals surface area contributed by atoms with E-state index in [1.165, 1.54) is 11.8 Å². The maximum atomic E-state index is 10.6. The van der Waals surface area contributed by atoms with Crippen molar-refractivity contribution >= 4 is 23.7 Å². The summed E-state index contributed by atoms with van der Waals surface area (Å²) in [6, 6.07) is 3.57. The molecule has 1 aromatic rings. The number of thioether (sulfide) groups is 1. The van der Waals surface area contributed by atoms with Crippen LogP contribution in [-0.4, -0.2) is 17.7 Å². The van der Waals surface area contributed by atoms with Gasteiger partial charge in [-0.2, -0.15) is 11.8 Å². The maximum Gasteiger partial charge on any atom is 0.113 e. The number of carboxylic acids is 2. The molecule has 0 atom stereocenters. The molecule has 0 radical (unpaired) electrons. The van der Waals surface area contributed by atoms with Gasteiger partial charge in [-0.05, 0) is 36.0 Å². The Bertz CT molecular complexity index is 417. The summed E-state index contributed by atoms with van der Waals surface area (Å²) in [6.07, 6.45) is 2.23. The lowest BCUT2D eigenvalue weighted by Crippen LogP contribution is -2.28. The van der Waals surface area contributed by atoms with Crippen molar-refractivity contribution in [2.24, 2.45) is 0 Å². The summed E-state index contributed by atoms with van der Waals surface area (Å²) < 4.78 is 5.08. The standard InChI is InChI=1S/C11H12O5S.2H3N/c12-10(13)6-8(11(14)15)3-5-17-7-9-2-1-4-16-9;;/h1-2,4,6H,3,5,7H2,(H,12,13)(H,14,15);2*1H3/b8-6-;;. The van der Waals surface area contributed by atoms with Gasteiger partial charge < -0.3 is 36.5 Å². The minimum atomic E-state index is -1.53. The second-order valence-corrected chi connectivity index (χ2v) is 4.26. The highest BCUT2D eigenvalue weighted by Gasteiger charge is 2.01. The zero-order valence-corrected chi connectivity index (χ0v) is 11.7. The first-order valence-electron chi connectivity index (χ1n) is 4.82. The van der Waals surface area contributed by atoms with Crippen LogP contribution in [0.2, 0.25) is 0 Å². The van der Waals surface area contributed by atoms with Crippen molar-refractivity contribution in [1.29, 1.82) is 0 Å². The molecule has 7 nitrogen and oxygen atoms in total. The molecule has 0 aromatic carbocycles. The van der Waals surface area contributed by atoms with E-state index in [1.807, 2.05) is 6.07 Å². The SMILES string of the molecule is O=C([O-])/C=C(/CCSCc1ccco1)C(=O)[O-].[NH4+].[NH4+]. The Balaban J connectivity index is 0. The van der Waals surface area contributed by atoms with Gasteiger partial charge in [0.15, 0.2) is 0 Å². The first-order chi connectivity index (χ1) is 8.09. The molecule has 19 heavy (non-hydrogen) atoms. The number of quaternary nitrogens is 2. The van der Waals surface area contributed by atoms with E-state index in [2.05, 4.69) is 0 Å². The van der Waals surface area contributed by atoms with Crippen molar-refractivity contribution in [2.75, 3.05) is 5.75 Å². The zero-order valence-electron chi connectivity index (χ0n) is 10.9. The van der Waals surface area contributed by atoms with Crippen molar-refractivity contribution in [3.05, 3.63) is 35.8 Å². The predicted molar refractivity (Wildman–Crippen MR) is 69.6 cm³/mol. The minimum Gasteiger partial charge on any atom is -0.545 e. The summed E-state index contributed by atoms with van der Waals surface area (Å²) in [7, 11) is 0. The molecule has 0 amide bonds. The number of rotatable bonds is 7. The number of carbonyl (C=O) groups excluding carboxylic acids is 2. The van der Waals surface area contributed by atoms with Gasteiger partial charge in [0, 0.05) is 0 Å². The fourth-order valence-electron chi connectivity index (χ4n) is 1.13. The van der Waals surface area contributed by atoms with Crippen LogP contribution in [0.25, 0.3) is 0 Å². The number of hydrogen-bond acceptors (Lipinski definition) is 6. The van der Waals surface area contributed by atoms with Crippen LogP contribution in [-0.2, 0) is 15.3 Å². The Hall–Kier alpha value is -1.77. The smallest absolute Gasteiger partial charge is 0.113 e. The van der Waals surface area contributed by atoms with Gasteiger partial charge in [0.05, 0.1) is 24.0 Å². The van der Waals surface area contributed by atoms with Gasteiger partial charge in [-0.15, -0.1) is 0 Å². The third-order valence-corrected chi connectivity index (χ3v) is 2.88. The number of aliphatic carboxylic acids is 2. The molecule has 1 heterocycles. The Kier molecular flexibility index (Phi) is 10.5. The fourth-order valence-corrected chi connectivity index (χ4v) is 2.00. The van der Waals surface area contributed by atoms with E-state index in [4.69, 9.17) is 4.42 Å². The Labute approximate surface area is 114 Å². The third-order valence-electron chi connectivity index (χ3n) is 1.89. The zero-order chi connectivity index (χ0) is 12.7. The molecule has 0 saturated heterocycles. The summed E-state index contributed by atoms with van der Waals surface area (Å²) in [4.78, 5) is 20.8. The number of carbonyl (C=O) groups is 2. The monoisotopic (exact) mass is 290 g/mol. The predicted octanol–water partition coefficient (Wildman–Crippen LogP) is 0.0815. The molecule has 8 N–H and O–H groups in total. The molecule has 1 aromatic heterocycles. The largest absolute Gasteiger partial charge is 0.545 e. The van der Waals surface area contributed by atoms with Gasteiger partial charge in [-0.1, -0.05) is 0 Å². The summed E-state index contributed by atoms with van der Waals surface area (Å²) >= 11 is 1.44. The maximum absolute atomic E-state index is 10.6. The Morgan fingerprint density at radius 3 is 2.47 bits per heavy atom. The molecular weight excluding hydrogens is 272 g/mol. The molecule has 0 bridgehead atoms. The molecular formula is C11H18N2O5S. The molecule has 108 valence electrons. The lowest BCUT2D eigenvalue weighted by atomic mass is 10.2. The first kappa shape index (κ1) is 19.6. The Morgan fingerprint density at radius 2 is 2.00 bits per heavy atom. The van der Waals surface area contributed by atoms with Crippen molar-refractivity contribution in [2.45, 2.75) is 12.2 Å². The highest BCUT2D eigenvalue weighted by Crippen LogP contribution is 2.15. The second kappa shape index (κ2) is 10.2. The van der Waals surface area contributed by atoms with Crippen LogP contribution in [0, 0.1) is 0 Å². The van der Waals surface area contributed by atoms with Crippen LogP contribution in [0.15, 0.2) is 34.5 Å². The lowest BCUT2D eigenvalue weighted by molar-refractivity contribution is -0.303. The molecule has 0 saturated carbocycles.